The standard InChI is InChI=1S/C9H8BrNO2/c10-5-9(13)7-1-3-8(4-2-7)11-6-12/h1-4,6H,5H2,(H,11,12). The average molecular weight is 242 g/mol. The van der Waals surface area contributed by atoms with Gasteiger partial charge in [0.25, 0.3) is 0 Å². The van der Waals surface area contributed by atoms with Crippen molar-refractivity contribution in [1.29, 1.82) is 0 Å². The average Bonchev–Trinajstić information content (AvgIpc) is 2.18. The Morgan fingerprint density at radius 2 is 2.00 bits per heavy atom. The van der Waals surface area contributed by atoms with Gasteiger partial charge in [0, 0.05) is 11.3 Å². The van der Waals surface area contributed by atoms with E-state index in [2.05, 4.69) is 21.2 Å². The van der Waals surface area contributed by atoms with Crippen molar-refractivity contribution in [2.24, 2.45) is 0 Å². The highest BCUT2D eigenvalue weighted by Crippen LogP contribution is 2.09. The van der Waals surface area contributed by atoms with Crippen LogP contribution in [0.3, 0.4) is 0 Å². The molecule has 4 heteroatoms. The first-order valence-corrected chi connectivity index (χ1v) is 4.79. The molecule has 3 nitrogen and oxygen atoms in total. The normalized spacial score (nSPS) is 9.31. The Kier molecular flexibility index (Phi) is 3.64. The second kappa shape index (κ2) is 4.77. The Bertz CT molecular complexity index is 308. The summed E-state index contributed by atoms with van der Waals surface area (Å²) < 4.78 is 0. The van der Waals surface area contributed by atoms with E-state index in [9.17, 15) is 9.59 Å². The quantitative estimate of drug-likeness (QED) is 0.497. The summed E-state index contributed by atoms with van der Waals surface area (Å²) in [5, 5.41) is 2.80. The molecule has 0 atom stereocenters. The number of amides is 1. The van der Waals surface area contributed by atoms with E-state index >= 15 is 0 Å². The Morgan fingerprint density at radius 3 is 2.46 bits per heavy atom. The van der Waals surface area contributed by atoms with E-state index in [1.54, 1.807) is 24.3 Å². The van der Waals surface area contributed by atoms with Crippen LogP contribution < -0.4 is 5.32 Å². The molecule has 1 N–H and O–H groups in total. The summed E-state index contributed by atoms with van der Waals surface area (Å²) >= 11 is 3.08. The molecule has 0 aliphatic carbocycles. The van der Waals surface area contributed by atoms with E-state index in [4.69, 9.17) is 0 Å². The number of carbonyl (C=O) groups excluding carboxylic acids is 2. The Hall–Kier alpha value is -1.16. The lowest BCUT2D eigenvalue weighted by molar-refractivity contribution is -0.105. The van der Waals surface area contributed by atoms with Gasteiger partial charge in [-0.2, -0.15) is 0 Å². The van der Waals surface area contributed by atoms with Crippen molar-refractivity contribution in [1.82, 2.24) is 0 Å². The molecule has 0 spiro atoms. The molecule has 68 valence electrons. The molecule has 13 heavy (non-hydrogen) atoms. The smallest absolute Gasteiger partial charge is 0.211 e. The maximum atomic E-state index is 11.1. The number of carbonyl (C=O) groups is 2. The fourth-order valence-electron chi connectivity index (χ4n) is 0.898. The molecular weight excluding hydrogens is 234 g/mol. The van der Waals surface area contributed by atoms with E-state index < -0.39 is 0 Å². The summed E-state index contributed by atoms with van der Waals surface area (Å²) in [6.45, 7) is 0. The van der Waals surface area contributed by atoms with Crippen molar-refractivity contribution in [2.75, 3.05) is 10.6 Å². The summed E-state index contributed by atoms with van der Waals surface area (Å²) in [6.07, 6.45) is 0.599. The van der Waals surface area contributed by atoms with E-state index in [1.807, 2.05) is 0 Å². The molecule has 0 fully saturated rings. The largest absolute Gasteiger partial charge is 0.329 e. The van der Waals surface area contributed by atoms with Gasteiger partial charge in [-0.15, -0.1) is 0 Å². The van der Waals surface area contributed by atoms with Crippen LogP contribution in [0.4, 0.5) is 5.69 Å². The third-order valence-electron chi connectivity index (χ3n) is 1.55. The number of halogens is 1. The van der Waals surface area contributed by atoms with Crippen LogP contribution in [0.1, 0.15) is 10.4 Å². The van der Waals surface area contributed by atoms with Gasteiger partial charge >= 0.3 is 0 Å². The number of rotatable bonds is 4. The highest BCUT2D eigenvalue weighted by molar-refractivity contribution is 9.09. The van der Waals surface area contributed by atoms with Crippen LogP contribution in [0.15, 0.2) is 24.3 Å². The predicted octanol–water partition coefficient (Wildman–Crippen LogP) is 1.83. The minimum atomic E-state index is 0.0256. The summed E-state index contributed by atoms with van der Waals surface area (Å²) in [5.74, 6) is 0.0256. The van der Waals surface area contributed by atoms with Crippen molar-refractivity contribution in [2.45, 2.75) is 0 Å². The van der Waals surface area contributed by atoms with E-state index in [-0.39, 0.29) is 5.78 Å². The number of benzene rings is 1. The third-order valence-corrected chi connectivity index (χ3v) is 2.06. The molecule has 1 aromatic rings. The van der Waals surface area contributed by atoms with Gasteiger partial charge in [0.1, 0.15) is 0 Å². The van der Waals surface area contributed by atoms with Gasteiger partial charge in [0.15, 0.2) is 5.78 Å². The number of anilines is 1. The number of Topliss-reactive ketones (excluding diaryl/α,β-unsaturated/α-hetero) is 1. The number of hydrogen-bond donors (Lipinski definition) is 1. The van der Waals surface area contributed by atoms with Crippen molar-refractivity contribution in [3.8, 4) is 0 Å². The molecule has 1 aromatic carbocycles. The molecule has 0 aromatic heterocycles. The van der Waals surface area contributed by atoms with Gasteiger partial charge in [0.2, 0.25) is 6.41 Å². The molecule has 0 saturated heterocycles. The summed E-state index contributed by atoms with van der Waals surface area (Å²) in [7, 11) is 0. The number of ketones is 1. The summed E-state index contributed by atoms with van der Waals surface area (Å²) in [4.78, 5) is 21.2. The van der Waals surface area contributed by atoms with E-state index in [0.717, 1.165) is 0 Å². The van der Waals surface area contributed by atoms with Crippen molar-refractivity contribution >= 4 is 33.8 Å². The van der Waals surface area contributed by atoms with Crippen LogP contribution in [0.2, 0.25) is 0 Å². The second-order valence-electron chi connectivity index (χ2n) is 2.40. The van der Waals surface area contributed by atoms with Crippen LogP contribution in [0.25, 0.3) is 0 Å². The second-order valence-corrected chi connectivity index (χ2v) is 2.96. The van der Waals surface area contributed by atoms with Gasteiger partial charge in [-0.05, 0) is 24.3 Å². The fraction of sp³-hybridized carbons (Fsp3) is 0.111. The van der Waals surface area contributed by atoms with Gasteiger partial charge in [-0.3, -0.25) is 9.59 Å². The maximum absolute atomic E-state index is 11.1. The number of nitrogens with one attached hydrogen (secondary N) is 1. The number of alkyl halides is 1. The molecule has 0 aliphatic heterocycles. The first-order valence-electron chi connectivity index (χ1n) is 3.67. The molecule has 0 bridgehead atoms. The fourth-order valence-corrected chi connectivity index (χ4v) is 1.22. The summed E-state index contributed by atoms with van der Waals surface area (Å²) in [6, 6.07) is 6.72. The Labute approximate surface area is 84.3 Å². The highest BCUT2D eigenvalue weighted by atomic mass is 79.9. The van der Waals surface area contributed by atoms with Crippen LogP contribution in [0, 0.1) is 0 Å². The van der Waals surface area contributed by atoms with E-state index in [0.29, 0.717) is 23.0 Å². The topological polar surface area (TPSA) is 46.2 Å². The van der Waals surface area contributed by atoms with Crippen molar-refractivity contribution in [3.05, 3.63) is 29.8 Å². The molecule has 0 aliphatic rings. The van der Waals surface area contributed by atoms with Gasteiger partial charge in [-0.25, -0.2) is 0 Å². The first-order chi connectivity index (χ1) is 6.27. The third kappa shape index (κ3) is 2.66. The van der Waals surface area contributed by atoms with E-state index in [1.165, 1.54) is 0 Å². The zero-order valence-corrected chi connectivity index (χ0v) is 8.37. The lowest BCUT2D eigenvalue weighted by atomic mass is 10.1. The van der Waals surface area contributed by atoms with Crippen molar-refractivity contribution < 1.29 is 9.59 Å². The Morgan fingerprint density at radius 1 is 1.38 bits per heavy atom. The van der Waals surface area contributed by atoms with Crippen LogP contribution in [0.5, 0.6) is 0 Å². The lowest BCUT2D eigenvalue weighted by Crippen LogP contribution is -2.00. The van der Waals surface area contributed by atoms with Crippen LogP contribution >= 0.6 is 15.9 Å². The minimum Gasteiger partial charge on any atom is -0.329 e. The monoisotopic (exact) mass is 241 g/mol. The molecule has 1 rings (SSSR count). The Balaban J connectivity index is 2.80. The molecule has 0 unspecified atom stereocenters. The maximum Gasteiger partial charge on any atom is 0.211 e. The zero-order valence-electron chi connectivity index (χ0n) is 6.79. The van der Waals surface area contributed by atoms with Crippen molar-refractivity contribution in [3.63, 3.8) is 0 Å². The zero-order chi connectivity index (χ0) is 9.68. The molecule has 0 radical (unpaired) electrons. The molecular formula is C9H8BrNO2. The van der Waals surface area contributed by atoms with Gasteiger partial charge < -0.3 is 5.32 Å². The van der Waals surface area contributed by atoms with Gasteiger partial charge in [0.05, 0.1) is 5.33 Å². The van der Waals surface area contributed by atoms with Crippen LogP contribution in [-0.2, 0) is 4.79 Å². The van der Waals surface area contributed by atoms with Gasteiger partial charge in [-0.1, -0.05) is 15.9 Å². The summed E-state index contributed by atoms with van der Waals surface area (Å²) in [5.41, 5.74) is 1.31. The molecule has 0 heterocycles. The predicted molar refractivity (Wildman–Crippen MR) is 54.3 cm³/mol. The number of hydrogen-bond acceptors (Lipinski definition) is 2. The molecule has 0 saturated carbocycles. The first kappa shape index (κ1) is 9.92. The van der Waals surface area contributed by atoms with Crippen LogP contribution in [-0.4, -0.2) is 17.5 Å². The SMILES string of the molecule is O=CNc1ccc(C(=O)CBr)cc1. The molecule has 1 amide bonds. The highest BCUT2D eigenvalue weighted by Gasteiger charge is 2.02. The minimum absolute atomic E-state index is 0.0256. The lowest BCUT2D eigenvalue weighted by Gasteiger charge is -1.99.